The van der Waals surface area contributed by atoms with Crippen molar-refractivity contribution in [1.82, 2.24) is 24.5 Å². The van der Waals surface area contributed by atoms with Crippen molar-refractivity contribution in [3.63, 3.8) is 0 Å². The van der Waals surface area contributed by atoms with Gasteiger partial charge >= 0.3 is 6.18 Å². The van der Waals surface area contributed by atoms with Gasteiger partial charge in [-0.2, -0.15) is 23.4 Å². The van der Waals surface area contributed by atoms with Crippen molar-refractivity contribution < 1.29 is 22.8 Å². The number of rotatable bonds is 5. The highest BCUT2D eigenvalue weighted by molar-refractivity contribution is 7.21. The van der Waals surface area contributed by atoms with Crippen molar-refractivity contribution >= 4 is 39.1 Å². The van der Waals surface area contributed by atoms with E-state index < -0.39 is 23.7 Å². The van der Waals surface area contributed by atoms with Crippen LogP contribution >= 0.6 is 11.3 Å². The lowest BCUT2D eigenvalue weighted by atomic mass is 10.0. The molecule has 3 N–H and O–H groups in total. The Kier molecular flexibility index (Phi) is 5.67. The predicted molar refractivity (Wildman–Crippen MR) is 121 cm³/mol. The number of hydrogen-bond acceptors (Lipinski definition) is 6. The highest BCUT2D eigenvalue weighted by atomic mass is 32.1. The molecule has 0 atom stereocenters. The normalized spacial score (nSPS) is 11.9. The molecule has 4 aromatic rings. The van der Waals surface area contributed by atoms with Crippen LogP contribution in [0.2, 0.25) is 0 Å². The lowest BCUT2D eigenvalue weighted by Crippen LogP contribution is -2.17. The van der Waals surface area contributed by atoms with Crippen molar-refractivity contribution in [2.45, 2.75) is 33.5 Å². The number of amides is 2. The summed E-state index contributed by atoms with van der Waals surface area (Å²) in [6.45, 7) is 5.76. The summed E-state index contributed by atoms with van der Waals surface area (Å²) >= 11 is 0.682. The molecule has 0 fully saturated rings. The summed E-state index contributed by atoms with van der Waals surface area (Å²) in [6, 6.07) is 2.44. The van der Waals surface area contributed by atoms with Crippen LogP contribution in [0.3, 0.4) is 0 Å². The van der Waals surface area contributed by atoms with Gasteiger partial charge in [0.15, 0.2) is 5.69 Å². The van der Waals surface area contributed by atoms with E-state index in [0.717, 1.165) is 11.8 Å². The third-order valence-corrected chi connectivity index (χ3v) is 6.42. The third kappa shape index (κ3) is 4.02. The van der Waals surface area contributed by atoms with E-state index in [-0.39, 0.29) is 32.0 Å². The Hall–Kier alpha value is -3.74. The molecule has 178 valence electrons. The van der Waals surface area contributed by atoms with E-state index in [2.05, 4.69) is 20.5 Å². The van der Waals surface area contributed by atoms with E-state index in [4.69, 9.17) is 5.73 Å². The summed E-state index contributed by atoms with van der Waals surface area (Å²) < 4.78 is 44.1. The number of halogens is 3. The topological polar surface area (TPSA) is 121 Å². The SMILES string of the molecule is CCn1cc(-c2cc(C(F)(F)F)nc3sc(C(N)=O)c(NC(=O)c4cc(C)n(C)n4)c23)c(C)n1. The van der Waals surface area contributed by atoms with Gasteiger partial charge in [-0.1, -0.05) is 0 Å². The number of aromatic nitrogens is 5. The molecule has 2 amide bonds. The standard InChI is InChI=1S/C21H20F3N7O2S/c1-5-31-8-12(10(3)28-31)11-7-14(21(22,23)24)26-20-15(11)16(17(34-20)18(25)32)27-19(33)13-6-9(2)30(4)29-13/h6-8H,5H2,1-4H3,(H2,25,32)(H,27,33). The first-order valence-corrected chi connectivity index (χ1v) is 10.9. The van der Waals surface area contributed by atoms with Crippen molar-refractivity contribution in [2.75, 3.05) is 5.32 Å². The largest absolute Gasteiger partial charge is 0.433 e. The molecule has 0 aromatic carbocycles. The Balaban J connectivity index is 2.00. The van der Waals surface area contributed by atoms with Gasteiger partial charge in [0.1, 0.15) is 15.4 Å². The first kappa shape index (κ1) is 23.4. The number of thiophene rings is 1. The van der Waals surface area contributed by atoms with E-state index in [1.54, 1.807) is 37.8 Å². The number of alkyl halides is 3. The molecule has 0 bridgehead atoms. The summed E-state index contributed by atoms with van der Waals surface area (Å²) in [5.41, 5.74) is 6.20. The maximum atomic E-state index is 13.7. The minimum atomic E-state index is -4.73. The van der Waals surface area contributed by atoms with Crippen molar-refractivity contribution in [1.29, 1.82) is 0 Å². The number of carbonyl (C=O) groups is 2. The number of carbonyl (C=O) groups excluding carboxylic acids is 2. The van der Waals surface area contributed by atoms with Crippen LogP contribution in [-0.4, -0.2) is 36.4 Å². The van der Waals surface area contributed by atoms with Gasteiger partial charge in [-0.05, 0) is 38.5 Å². The van der Waals surface area contributed by atoms with Crippen molar-refractivity contribution in [3.05, 3.63) is 46.0 Å². The molecule has 9 nitrogen and oxygen atoms in total. The lowest BCUT2D eigenvalue weighted by Gasteiger charge is -2.11. The average Bonchev–Trinajstić information content (AvgIpc) is 3.42. The monoisotopic (exact) mass is 491 g/mol. The second-order valence-electron chi connectivity index (χ2n) is 7.64. The number of primary amides is 1. The summed E-state index contributed by atoms with van der Waals surface area (Å²) in [5, 5.41) is 11.2. The summed E-state index contributed by atoms with van der Waals surface area (Å²) in [7, 11) is 1.66. The number of aryl methyl sites for hydroxylation is 4. The van der Waals surface area contributed by atoms with Crippen LogP contribution < -0.4 is 11.1 Å². The zero-order valence-electron chi connectivity index (χ0n) is 18.6. The van der Waals surface area contributed by atoms with Crippen LogP contribution in [0.4, 0.5) is 18.9 Å². The third-order valence-electron chi connectivity index (χ3n) is 5.32. The number of nitrogens with two attached hydrogens (primary N) is 1. The number of pyridine rings is 1. The molecule has 0 radical (unpaired) electrons. The van der Waals surface area contributed by atoms with Gasteiger partial charge in [-0.3, -0.25) is 19.0 Å². The Bertz CT molecular complexity index is 1430. The highest BCUT2D eigenvalue weighted by Crippen LogP contribution is 2.44. The maximum absolute atomic E-state index is 13.7. The number of anilines is 1. The minimum Gasteiger partial charge on any atom is -0.365 e. The molecular formula is C21H20F3N7O2S. The molecule has 4 heterocycles. The lowest BCUT2D eigenvalue weighted by molar-refractivity contribution is -0.140. The van der Waals surface area contributed by atoms with Crippen LogP contribution in [0.5, 0.6) is 0 Å². The Morgan fingerprint density at radius 3 is 2.41 bits per heavy atom. The minimum absolute atomic E-state index is 0.0133. The zero-order valence-corrected chi connectivity index (χ0v) is 19.4. The number of nitrogens with one attached hydrogen (secondary N) is 1. The second kappa shape index (κ2) is 8.24. The van der Waals surface area contributed by atoms with Gasteiger partial charge in [0.25, 0.3) is 11.8 Å². The number of hydrogen-bond donors (Lipinski definition) is 2. The van der Waals surface area contributed by atoms with E-state index in [1.807, 2.05) is 6.92 Å². The molecule has 34 heavy (non-hydrogen) atoms. The van der Waals surface area contributed by atoms with E-state index in [1.165, 1.54) is 4.68 Å². The first-order chi connectivity index (χ1) is 15.9. The van der Waals surface area contributed by atoms with Gasteiger partial charge in [0.2, 0.25) is 0 Å². The summed E-state index contributed by atoms with van der Waals surface area (Å²) in [4.78, 5) is 28.7. The highest BCUT2D eigenvalue weighted by Gasteiger charge is 2.35. The van der Waals surface area contributed by atoms with Crippen molar-refractivity contribution in [2.24, 2.45) is 12.8 Å². The molecule has 0 spiro atoms. The van der Waals surface area contributed by atoms with E-state index >= 15 is 0 Å². The fourth-order valence-electron chi connectivity index (χ4n) is 3.54. The van der Waals surface area contributed by atoms with Crippen LogP contribution in [0.1, 0.15) is 44.2 Å². The van der Waals surface area contributed by atoms with Crippen LogP contribution in [0.25, 0.3) is 21.3 Å². The first-order valence-electron chi connectivity index (χ1n) is 10.1. The smallest absolute Gasteiger partial charge is 0.365 e. The summed E-state index contributed by atoms with van der Waals surface area (Å²) in [5.74, 6) is -1.55. The van der Waals surface area contributed by atoms with Gasteiger partial charge in [0, 0.05) is 36.4 Å². The van der Waals surface area contributed by atoms with E-state index in [9.17, 15) is 22.8 Å². The molecule has 4 aromatic heterocycles. The number of nitrogens with zero attached hydrogens (tertiary/aromatic N) is 5. The second-order valence-corrected chi connectivity index (χ2v) is 8.64. The summed E-state index contributed by atoms with van der Waals surface area (Å²) in [6.07, 6.45) is -3.12. The molecule has 0 saturated carbocycles. The molecular weight excluding hydrogens is 471 g/mol. The maximum Gasteiger partial charge on any atom is 0.433 e. The van der Waals surface area contributed by atoms with Gasteiger partial charge < -0.3 is 11.1 Å². The molecule has 0 aliphatic heterocycles. The molecule has 0 unspecified atom stereocenters. The zero-order chi connectivity index (χ0) is 24.9. The van der Waals surface area contributed by atoms with Crippen LogP contribution in [0, 0.1) is 13.8 Å². The average molecular weight is 491 g/mol. The Morgan fingerprint density at radius 2 is 1.88 bits per heavy atom. The predicted octanol–water partition coefficient (Wildman–Crippen LogP) is 3.90. The van der Waals surface area contributed by atoms with Crippen molar-refractivity contribution in [3.8, 4) is 11.1 Å². The molecule has 4 rings (SSSR count). The fraction of sp³-hybridized carbons (Fsp3) is 0.286. The van der Waals surface area contributed by atoms with Gasteiger partial charge in [-0.25, -0.2) is 4.98 Å². The molecule has 0 aliphatic rings. The van der Waals surface area contributed by atoms with Crippen LogP contribution in [-0.2, 0) is 19.8 Å². The molecule has 13 heteroatoms. The van der Waals surface area contributed by atoms with Gasteiger partial charge in [-0.15, -0.1) is 11.3 Å². The molecule has 0 saturated heterocycles. The quantitative estimate of drug-likeness (QED) is 0.439. The van der Waals surface area contributed by atoms with Crippen LogP contribution in [0.15, 0.2) is 18.3 Å². The van der Waals surface area contributed by atoms with Gasteiger partial charge in [0.05, 0.1) is 11.4 Å². The Labute approximate surface area is 195 Å². The van der Waals surface area contributed by atoms with E-state index in [0.29, 0.717) is 29.1 Å². The number of fused-ring (bicyclic) bond motifs is 1. The fourth-order valence-corrected chi connectivity index (χ4v) is 4.55. The molecule has 0 aliphatic carbocycles. The Morgan fingerprint density at radius 1 is 1.18 bits per heavy atom.